The largest absolute Gasteiger partial charge is 0.461 e. The van der Waals surface area contributed by atoms with Crippen molar-refractivity contribution in [3.63, 3.8) is 0 Å². The second-order valence-corrected chi connectivity index (χ2v) is 9.17. The number of aryl methyl sites for hydroxylation is 1. The van der Waals surface area contributed by atoms with E-state index in [0.717, 1.165) is 27.3 Å². The zero-order valence-corrected chi connectivity index (χ0v) is 20.6. The number of aromatic amines is 1. The molecule has 9 heteroatoms. The van der Waals surface area contributed by atoms with Crippen molar-refractivity contribution >= 4 is 34.8 Å². The summed E-state index contributed by atoms with van der Waals surface area (Å²) < 4.78 is 10.6. The van der Waals surface area contributed by atoms with Gasteiger partial charge in [0.25, 0.3) is 5.91 Å². The Labute approximate surface area is 206 Å². The molecule has 0 bridgehead atoms. The van der Waals surface area contributed by atoms with Crippen LogP contribution in [0.1, 0.15) is 50.3 Å². The first-order valence-corrected chi connectivity index (χ1v) is 12.0. The number of nitrogens with one attached hydrogen (secondary N) is 1. The SMILES string of the molecule is CCOC(=O)c1[nH]c(C)c(CN(Cc2ccc(Cl)cc2)C(=O)c2cc(-c3cccs3)on2)c1C. The number of halogens is 1. The van der Waals surface area contributed by atoms with Crippen molar-refractivity contribution in [2.24, 2.45) is 0 Å². The van der Waals surface area contributed by atoms with Gasteiger partial charge in [0, 0.05) is 29.9 Å². The monoisotopic (exact) mass is 497 g/mol. The molecular weight excluding hydrogens is 474 g/mol. The van der Waals surface area contributed by atoms with E-state index in [4.69, 9.17) is 20.9 Å². The number of aromatic nitrogens is 2. The van der Waals surface area contributed by atoms with Crippen molar-refractivity contribution in [1.29, 1.82) is 0 Å². The van der Waals surface area contributed by atoms with Gasteiger partial charge in [0.2, 0.25) is 0 Å². The lowest BCUT2D eigenvalue weighted by Gasteiger charge is -2.22. The molecule has 176 valence electrons. The van der Waals surface area contributed by atoms with E-state index in [0.29, 0.717) is 23.0 Å². The Morgan fingerprint density at radius 2 is 1.94 bits per heavy atom. The number of carbonyl (C=O) groups excluding carboxylic acids is 2. The van der Waals surface area contributed by atoms with Gasteiger partial charge in [-0.25, -0.2) is 4.79 Å². The standard InChI is InChI=1S/C25H24ClN3O4S/c1-4-32-25(31)23-15(2)19(16(3)27-23)14-29(13-17-7-9-18(26)10-8-17)24(30)20-12-21(33-28-20)22-6-5-11-34-22/h5-12,27H,4,13-14H2,1-3H3. The minimum Gasteiger partial charge on any atom is -0.461 e. The van der Waals surface area contributed by atoms with Gasteiger partial charge in [-0.05, 0) is 61.0 Å². The number of esters is 1. The van der Waals surface area contributed by atoms with Crippen LogP contribution in [0.2, 0.25) is 5.02 Å². The normalized spacial score (nSPS) is 10.9. The van der Waals surface area contributed by atoms with Crippen molar-refractivity contribution < 1.29 is 18.8 Å². The number of ether oxygens (including phenoxy) is 1. The van der Waals surface area contributed by atoms with Crippen molar-refractivity contribution in [3.05, 3.63) is 86.6 Å². The molecule has 3 aromatic heterocycles. The zero-order valence-electron chi connectivity index (χ0n) is 19.1. The minimum atomic E-state index is -0.415. The molecule has 0 radical (unpaired) electrons. The zero-order chi connectivity index (χ0) is 24.2. The molecule has 0 fully saturated rings. The molecule has 1 amide bonds. The Bertz CT molecular complexity index is 1290. The highest BCUT2D eigenvalue weighted by Gasteiger charge is 2.25. The van der Waals surface area contributed by atoms with Gasteiger partial charge < -0.3 is 19.1 Å². The highest BCUT2D eigenvalue weighted by atomic mass is 35.5. The third kappa shape index (κ3) is 5.08. The van der Waals surface area contributed by atoms with Gasteiger partial charge in [-0.15, -0.1) is 11.3 Å². The average Bonchev–Trinajstić information content (AvgIpc) is 3.57. The molecule has 4 aromatic rings. The topological polar surface area (TPSA) is 88.4 Å². The Balaban J connectivity index is 1.65. The summed E-state index contributed by atoms with van der Waals surface area (Å²) in [5, 5.41) is 6.59. The van der Waals surface area contributed by atoms with Gasteiger partial charge >= 0.3 is 5.97 Å². The van der Waals surface area contributed by atoms with Gasteiger partial charge in [0.1, 0.15) is 5.69 Å². The molecule has 1 N–H and O–H groups in total. The van der Waals surface area contributed by atoms with Crippen LogP contribution < -0.4 is 0 Å². The first kappa shape index (κ1) is 23.8. The van der Waals surface area contributed by atoms with Gasteiger partial charge in [-0.1, -0.05) is 35.0 Å². The number of hydrogen-bond acceptors (Lipinski definition) is 6. The van der Waals surface area contributed by atoms with Crippen LogP contribution in [-0.4, -0.2) is 33.5 Å². The fourth-order valence-corrected chi connectivity index (χ4v) is 4.51. The van der Waals surface area contributed by atoms with Crippen LogP contribution in [0.3, 0.4) is 0 Å². The van der Waals surface area contributed by atoms with Crippen molar-refractivity contribution in [2.45, 2.75) is 33.9 Å². The lowest BCUT2D eigenvalue weighted by Crippen LogP contribution is -2.30. The predicted molar refractivity (Wildman–Crippen MR) is 131 cm³/mol. The summed E-state index contributed by atoms with van der Waals surface area (Å²) in [7, 11) is 0. The number of rotatable bonds is 8. The van der Waals surface area contributed by atoms with E-state index >= 15 is 0 Å². The highest BCUT2D eigenvalue weighted by Crippen LogP contribution is 2.27. The van der Waals surface area contributed by atoms with Crippen LogP contribution in [0.5, 0.6) is 0 Å². The lowest BCUT2D eigenvalue weighted by atomic mass is 10.1. The first-order chi connectivity index (χ1) is 16.4. The molecule has 0 aliphatic carbocycles. The maximum Gasteiger partial charge on any atom is 0.355 e. The van der Waals surface area contributed by atoms with Gasteiger partial charge in [-0.2, -0.15) is 0 Å². The molecular formula is C25H24ClN3O4S. The molecule has 0 spiro atoms. The number of hydrogen-bond donors (Lipinski definition) is 1. The Kier molecular flexibility index (Phi) is 7.19. The number of carbonyl (C=O) groups is 2. The maximum atomic E-state index is 13.5. The van der Waals surface area contributed by atoms with Crippen LogP contribution in [0, 0.1) is 13.8 Å². The highest BCUT2D eigenvalue weighted by molar-refractivity contribution is 7.13. The van der Waals surface area contributed by atoms with E-state index in [-0.39, 0.29) is 24.8 Å². The van der Waals surface area contributed by atoms with Crippen LogP contribution in [-0.2, 0) is 17.8 Å². The molecule has 0 atom stereocenters. The summed E-state index contributed by atoms with van der Waals surface area (Å²) in [6, 6.07) is 12.8. The third-order valence-electron chi connectivity index (χ3n) is 5.49. The van der Waals surface area contributed by atoms with E-state index in [1.165, 1.54) is 11.3 Å². The molecule has 34 heavy (non-hydrogen) atoms. The van der Waals surface area contributed by atoms with E-state index in [1.54, 1.807) is 30.0 Å². The molecule has 7 nitrogen and oxygen atoms in total. The third-order valence-corrected chi connectivity index (χ3v) is 6.62. The van der Waals surface area contributed by atoms with Crippen molar-refractivity contribution in [1.82, 2.24) is 15.0 Å². The van der Waals surface area contributed by atoms with Gasteiger partial charge in [0.15, 0.2) is 11.5 Å². The first-order valence-electron chi connectivity index (χ1n) is 10.8. The van der Waals surface area contributed by atoms with Crippen LogP contribution in [0.4, 0.5) is 0 Å². The van der Waals surface area contributed by atoms with Crippen LogP contribution in [0.15, 0.2) is 52.4 Å². The molecule has 0 saturated carbocycles. The van der Waals surface area contributed by atoms with Gasteiger partial charge in [0.05, 0.1) is 11.5 Å². The molecule has 0 aliphatic rings. The lowest BCUT2D eigenvalue weighted by molar-refractivity contribution is 0.0519. The van der Waals surface area contributed by atoms with E-state index < -0.39 is 5.97 Å². The minimum absolute atomic E-state index is 0.217. The Morgan fingerprint density at radius 1 is 1.18 bits per heavy atom. The number of thiophene rings is 1. The summed E-state index contributed by atoms with van der Waals surface area (Å²) in [6.07, 6.45) is 0. The fourth-order valence-electron chi connectivity index (χ4n) is 3.71. The van der Waals surface area contributed by atoms with Gasteiger partial charge in [-0.3, -0.25) is 4.79 Å². The maximum absolute atomic E-state index is 13.5. The number of nitrogens with zero attached hydrogens (tertiary/aromatic N) is 2. The Morgan fingerprint density at radius 3 is 2.62 bits per heavy atom. The number of amides is 1. The summed E-state index contributed by atoms with van der Waals surface area (Å²) in [4.78, 5) is 31.6. The summed E-state index contributed by atoms with van der Waals surface area (Å²) in [5.74, 6) is -0.149. The van der Waals surface area contributed by atoms with E-state index in [9.17, 15) is 9.59 Å². The molecule has 0 unspecified atom stereocenters. The van der Waals surface area contributed by atoms with E-state index in [1.807, 2.05) is 43.5 Å². The Hall–Kier alpha value is -3.36. The number of H-pyrrole nitrogens is 1. The van der Waals surface area contributed by atoms with Crippen molar-refractivity contribution in [3.8, 4) is 10.6 Å². The summed E-state index contributed by atoms with van der Waals surface area (Å²) >= 11 is 7.55. The van der Waals surface area contributed by atoms with E-state index in [2.05, 4.69) is 10.1 Å². The second-order valence-electron chi connectivity index (χ2n) is 7.79. The summed E-state index contributed by atoms with van der Waals surface area (Å²) in [6.45, 7) is 6.37. The summed E-state index contributed by atoms with van der Waals surface area (Å²) in [5.41, 5.74) is 3.94. The smallest absolute Gasteiger partial charge is 0.355 e. The molecule has 1 aromatic carbocycles. The molecule has 0 saturated heterocycles. The molecule has 4 rings (SSSR count). The van der Waals surface area contributed by atoms with Crippen LogP contribution in [0.25, 0.3) is 10.6 Å². The van der Waals surface area contributed by atoms with Crippen molar-refractivity contribution in [2.75, 3.05) is 6.61 Å². The predicted octanol–water partition coefficient (Wildman–Crippen LogP) is 6.02. The molecule has 0 aliphatic heterocycles. The number of benzene rings is 1. The van der Waals surface area contributed by atoms with Crippen LogP contribution >= 0.6 is 22.9 Å². The quantitative estimate of drug-likeness (QED) is 0.301. The fraction of sp³-hybridized carbons (Fsp3) is 0.240. The molecule has 3 heterocycles. The second kappa shape index (κ2) is 10.3. The average molecular weight is 498 g/mol.